The Morgan fingerprint density at radius 2 is 1.11 bits per heavy atom. The number of aromatic nitrogens is 4. The molecule has 3 heterocycles. The third-order valence-corrected chi connectivity index (χ3v) is 2.20. The summed E-state index contributed by atoms with van der Waals surface area (Å²) in [5.41, 5.74) is 0. The topological polar surface area (TPSA) is 58.0 Å². The number of hydrogen-bond donors (Lipinski definition) is 0. The molecule has 0 saturated carbocycles. The maximum atomic E-state index is 4.15. The first kappa shape index (κ1) is 12.7. The first-order chi connectivity index (χ1) is 8.43. The molecule has 0 saturated heterocycles. The van der Waals surface area contributed by atoms with E-state index in [1.165, 1.54) is 0 Å². The fourth-order valence-corrected chi connectivity index (χ4v) is 1.44. The molecule has 2 aromatic heterocycles. The van der Waals surface area contributed by atoms with Crippen LogP contribution in [0.3, 0.4) is 0 Å². The van der Waals surface area contributed by atoms with Crippen LogP contribution in [0.5, 0.6) is 0 Å². The van der Waals surface area contributed by atoms with Crippen LogP contribution in [0.4, 0.5) is 11.9 Å². The smallest absolute Gasteiger partial charge is 0.342 e. The van der Waals surface area contributed by atoms with Crippen LogP contribution in [0.1, 0.15) is 0 Å². The van der Waals surface area contributed by atoms with E-state index in [-0.39, 0.29) is 20.1 Å². The molecule has 6 nitrogen and oxygen atoms in total. The van der Waals surface area contributed by atoms with Gasteiger partial charge in [-0.2, -0.15) is 0 Å². The summed E-state index contributed by atoms with van der Waals surface area (Å²) in [6.07, 6.45) is 10.5. The summed E-state index contributed by atoms with van der Waals surface area (Å²) in [6, 6.07) is 3.56. The predicted molar refractivity (Wildman–Crippen MR) is 63.9 cm³/mol. The summed E-state index contributed by atoms with van der Waals surface area (Å²) in [6.45, 7) is 0. The average Bonchev–Trinajstić information content (AvgIpc) is 2.90. The summed E-state index contributed by atoms with van der Waals surface area (Å²) in [4.78, 5) is 20.2. The molecule has 8 heteroatoms. The van der Waals surface area contributed by atoms with Crippen LogP contribution in [0, 0.1) is 0 Å². The Bertz CT molecular complexity index is 475. The second-order valence-corrected chi connectivity index (χ2v) is 3.33. The molecule has 0 unspecified atom stereocenters. The molecule has 2 radical (unpaired) electrons. The third kappa shape index (κ3) is 2.55. The van der Waals surface area contributed by atoms with Gasteiger partial charge in [-0.3, -0.25) is 0 Å². The molecule has 90 valence electrons. The van der Waals surface area contributed by atoms with Crippen LogP contribution in [-0.2, 0) is 20.1 Å². The second-order valence-electron chi connectivity index (χ2n) is 3.33. The van der Waals surface area contributed by atoms with Gasteiger partial charge in [0.2, 0.25) is 11.9 Å². The van der Waals surface area contributed by atoms with E-state index in [0.29, 0.717) is 11.9 Å². The molecule has 0 aliphatic carbocycles. The predicted octanol–water partition coefficient (Wildman–Crippen LogP) is 0.596. The van der Waals surface area contributed by atoms with Gasteiger partial charge in [0.25, 0.3) is 0 Å². The summed E-state index contributed by atoms with van der Waals surface area (Å²) < 4.78 is 0. The molecule has 2 aromatic rings. The monoisotopic (exact) mass is 416 g/mol. The first-order valence-electron chi connectivity index (χ1n) is 5.07. The van der Waals surface area contributed by atoms with Crippen molar-refractivity contribution in [2.45, 2.75) is 0 Å². The first-order valence-corrected chi connectivity index (χ1v) is 5.07. The van der Waals surface area contributed by atoms with Crippen LogP contribution in [0.2, 0.25) is 0 Å². The summed E-state index contributed by atoms with van der Waals surface area (Å²) in [7, 11) is 1.82. The minimum atomic E-state index is 0. The molecule has 0 bridgehead atoms. The zero-order valence-electron chi connectivity index (χ0n) is 9.21. The standard InChI is InChI=1S/C10H8BN6.Ir/c1-3-12-9(13-4-1)16-7-8-17(11-16)10-14-5-2-6-15-10;/h1-8H;. The summed E-state index contributed by atoms with van der Waals surface area (Å²) >= 11 is 0. The fourth-order valence-electron chi connectivity index (χ4n) is 1.44. The van der Waals surface area contributed by atoms with Crippen molar-refractivity contribution in [3.05, 3.63) is 49.3 Å². The van der Waals surface area contributed by atoms with Gasteiger partial charge in [0.05, 0.1) is 0 Å². The van der Waals surface area contributed by atoms with E-state index in [0.717, 1.165) is 0 Å². The van der Waals surface area contributed by atoms with E-state index >= 15 is 0 Å². The Balaban J connectivity index is 0.00000120. The van der Waals surface area contributed by atoms with Crippen molar-refractivity contribution in [2.75, 3.05) is 9.62 Å². The molecule has 0 atom stereocenters. The Morgan fingerprint density at radius 3 is 1.50 bits per heavy atom. The SMILES string of the molecule is [B]1N(c2ncccn2)C=CN1c1ncccn1.[Ir]. The van der Waals surface area contributed by atoms with E-state index in [4.69, 9.17) is 0 Å². The van der Waals surface area contributed by atoms with Crippen molar-refractivity contribution in [3.63, 3.8) is 0 Å². The Hall–Kier alpha value is -1.79. The average molecular weight is 415 g/mol. The van der Waals surface area contributed by atoms with Crippen LogP contribution in [0.25, 0.3) is 0 Å². The van der Waals surface area contributed by atoms with Gasteiger partial charge < -0.3 is 9.62 Å². The molecule has 1 aliphatic heterocycles. The van der Waals surface area contributed by atoms with Gasteiger partial charge in [-0.05, 0) is 12.1 Å². The van der Waals surface area contributed by atoms with Crippen molar-refractivity contribution in [1.29, 1.82) is 0 Å². The molecular weight excluding hydrogens is 407 g/mol. The fraction of sp³-hybridized carbons (Fsp3) is 0. The molecule has 18 heavy (non-hydrogen) atoms. The summed E-state index contributed by atoms with van der Waals surface area (Å²) in [5.74, 6) is 1.23. The van der Waals surface area contributed by atoms with Gasteiger partial charge in [-0.15, -0.1) is 0 Å². The van der Waals surface area contributed by atoms with Crippen LogP contribution in [-0.4, -0.2) is 27.5 Å². The number of anilines is 2. The van der Waals surface area contributed by atoms with Crippen LogP contribution >= 0.6 is 0 Å². The maximum Gasteiger partial charge on any atom is 0.405 e. The molecule has 0 amide bonds. The van der Waals surface area contributed by atoms with Crippen molar-refractivity contribution >= 4 is 19.4 Å². The van der Waals surface area contributed by atoms with E-state index < -0.39 is 0 Å². The zero-order chi connectivity index (χ0) is 11.5. The molecular formula is C10H8BIrN6. The molecule has 0 N–H and O–H groups in total. The molecule has 1 aliphatic rings. The molecule has 3 rings (SSSR count). The van der Waals surface area contributed by atoms with Gasteiger partial charge in [0.15, 0.2) is 0 Å². The van der Waals surface area contributed by atoms with Crippen LogP contribution in [0.15, 0.2) is 49.3 Å². The van der Waals surface area contributed by atoms with Crippen LogP contribution < -0.4 is 9.62 Å². The minimum Gasteiger partial charge on any atom is -0.342 e. The van der Waals surface area contributed by atoms with Crippen molar-refractivity contribution in [1.82, 2.24) is 19.9 Å². The number of hydrogen-bond acceptors (Lipinski definition) is 6. The van der Waals surface area contributed by atoms with Crippen molar-refractivity contribution < 1.29 is 20.1 Å². The van der Waals surface area contributed by atoms with E-state index in [1.807, 2.05) is 19.9 Å². The quantitative estimate of drug-likeness (QED) is 0.670. The zero-order valence-corrected chi connectivity index (χ0v) is 11.6. The number of rotatable bonds is 2. The normalized spacial score (nSPS) is 13.1. The van der Waals surface area contributed by atoms with Gasteiger partial charge in [-0.1, -0.05) is 0 Å². The largest absolute Gasteiger partial charge is 0.405 e. The molecule has 0 fully saturated rings. The van der Waals surface area contributed by atoms with E-state index in [9.17, 15) is 0 Å². The third-order valence-electron chi connectivity index (χ3n) is 2.20. The van der Waals surface area contributed by atoms with Crippen molar-refractivity contribution in [3.8, 4) is 0 Å². The Labute approximate surface area is 118 Å². The number of nitrogens with zero attached hydrogens (tertiary/aromatic N) is 6. The second kappa shape index (κ2) is 5.70. The maximum absolute atomic E-state index is 4.15. The van der Waals surface area contributed by atoms with E-state index in [1.54, 1.807) is 46.5 Å². The summed E-state index contributed by atoms with van der Waals surface area (Å²) in [5, 5.41) is 0. The Morgan fingerprint density at radius 1 is 0.722 bits per heavy atom. The van der Waals surface area contributed by atoms with Gasteiger partial charge in [0, 0.05) is 57.3 Å². The van der Waals surface area contributed by atoms with Gasteiger partial charge in [-0.25, -0.2) is 19.9 Å². The minimum absolute atomic E-state index is 0. The van der Waals surface area contributed by atoms with Gasteiger partial charge in [0.1, 0.15) is 0 Å². The molecule has 0 spiro atoms. The van der Waals surface area contributed by atoms with Gasteiger partial charge >= 0.3 is 7.55 Å². The Kier molecular flexibility index (Phi) is 4.01. The van der Waals surface area contributed by atoms with Crippen molar-refractivity contribution in [2.24, 2.45) is 0 Å². The van der Waals surface area contributed by atoms with E-state index in [2.05, 4.69) is 19.9 Å². The molecule has 0 aromatic carbocycles.